The van der Waals surface area contributed by atoms with E-state index in [1.54, 1.807) is 13.2 Å². The molecule has 0 radical (unpaired) electrons. The summed E-state index contributed by atoms with van der Waals surface area (Å²) >= 11 is 6.17. The Morgan fingerprint density at radius 1 is 1.05 bits per heavy atom. The molecule has 0 aliphatic heterocycles. The average Bonchev–Trinajstić information content (AvgIpc) is 2.52. The van der Waals surface area contributed by atoms with Crippen LogP contribution in [-0.4, -0.2) is 20.3 Å². The minimum absolute atomic E-state index is 0.681. The molecule has 22 heavy (non-hydrogen) atoms. The van der Waals surface area contributed by atoms with Crippen LogP contribution in [0.3, 0.4) is 0 Å². The van der Waals surface area contributed by atoms with E-state index in [0.717, 1.165) is 30.8 Å². The van der Waals surface area contributed by atoms with E-state index in [1.165, 1.54) is 32.1 Å². The summed E-state index contributed by atoms with van der Waals surface area (Å²) in [6.45, 7) is 6.79. The molecule has 126 valence electrons. The van der Waals surface area contributed by atoms with Crippen LogP contribution in [0.5, 0.6) is 11.5 Å². The van der Waals surface area contributed by atoms with Gasteiger partial charge in [-0.25, -0.2) is 0 Å². The Kier molecular flexibility index (Phi) is 10.1. The lowest BCUT2D eigenvalue weighted by atomic mass is 10.1. The molecule has 1 N–H and O–H groups in total. The van der Waals surface area contributed by atoms with Gasteiger partial charge in [-0.3, -0.25) is 0 Å². The van der Waals surface area contributed by atoms with Crippen LogP contribution in [0.4, 0.5) is 0 Å². The summed E-state index contributed by atoms with van der Waals surface area (Å²) in [7, 11) is 1.65. The quantitative estimate of drug-likeness (QED) is 0.535. The van der Waals surface area contributed by atoms with Crippen molar-refractivity contribution in [1.82, 2.24) is 5.32 Å². The summed E-state index contributed by atoms with van der Waals surface area (Å²) in [6.07, 6.45) is 7.42. The number of rotatable bonds is 12. The highest BCUT2D eigenvalue weighted by Crippen LogP contribution is 2.34. The summed E-state index contributed by atoms with van der Waals surface area (Å²) in [5.41, 5.74) is 1.06. The summed E-state index contributed by atoms with van der Waals surface area (Å²) < 4.78 is 11.2. The van der Waals surface area contributed by atoms with Crippen LogP contribution in [0.2, 0.25) is 5.02 Å². The molecule has 1 rings (SSSR count). The van der Waals surface area contributed by atoms with Gasteiger partial charge in [-0.05, 0) is 25.5 Å². The van der Waals surface area contributed by atoms with Gasteiger partial charge in [0.05, 0.1) is 13.7 Å². The zero-order valence-electron chi connectivity index (χ0n) is 14.2. The molecule has 0 unspecified atom stereocenters. The summed E-state index contributed by atoms with van der Waals surface area (Å²) in [5, 5.41) is 4.16. The van der Waals surface area contributed by atoms with Gasteiger partial charge in [0.25, 0.3) is 0 Å². The number of hydrogen-bond donors (Lipinski definition) is 1. The van der Waals surface area contributed by atoms with Crippen LogP contribution in [-0.2, 0) is 6.54 Å². The molecule has 0 bridgehead atoms. The maximum Gasteiger partial charge on any atom is 0.165 e. The maximum atomic E-state index is 6.17. The number of unbranched alkanes of at least 4 members (excludes halogenated alkanes) is 4. The van der Waals surface area contributed by atoms with Crippen molar-refractivity contribution in [3.8, 4) is 11.5 Å². The minimum Gasteiger partial charge on any atom is -0.493 e. The van der Waals surface area contributed by atoms with Gasteiger partial charge in [0.2, 0.25) is 0 Å². The fourth-order valence-electron chi connectivity index (χ4n) is 2.35. The Labute approximate surface area is 140 Å². The molecule has 1 aromatic carbocycles. The van der Waals surface area contributed by atoms with E-state index >= 15 is 0 Å². The Morgan fingerprint density at radius 3 is 2.50 bits per heavy atom. The molecular weight excluding hydrogens is 298 g/mol. The molecule has 0 saturated carbocycles. The first-order valence-corrected chi connectivity index (χ1v) is 8.80. The molecule has 0 saturated heterocycles. The van der Waals surface area contributed by atoms with E-state index in [2.05, 4.69) is 19.2 Å². The first-order valence-electron chi connectivity index (χ1n) is 8.42. The van der Waals surface area contributed by atoms with Crippen LogP contribution >= 0.6 is 11.6 Å². The van der Waals surface area contributed by atoms with Gasteiger partial charge in [-0.1, -0.05) is 51.1 Å². The lowest BCUT2D eigenvalue weighted by molar-refractivity contribution is 0.290. The Morgan fingerprint density at radius 2 is 1.82 bits per heavy atom. The standard InChI is InChI=1S/C18H30ClNO2/c1-4-6-7-8-9-10-20-14-15-12-16(19)13-17(21-3)18(15)22-11-5-2/h12-13,20H,4-11,14H2,1-3H3. The van der Waals surface area contributed by atoms with Gasteiger partial charge in [0.15, 0.2) is 11.5 Å². The Bertz CT molecular complexity index is 424. The van der Waals surface area contributed by atoms with Crippen molar-refractivity contribution in [2.45, 2.75) is 58.9 Å². The summed E-state index contributed by atoms with van der Waals surface area (Å²) in [6, 6.07) is 3.76. The first-order chi connectivity index (χ1) is 10.7. The molecule has 1 aromatic rings. The molecule has 3 nitrogen and oxygen atoms in total. The molecule has 0 aliphatic rings. The monoisotopic (exact) mass is 327 g/mol. The lowest BCUT2D eigenvalue weighted by Crippen LogP contribution is -2.16. The summed E-state index contributed by atoms with van der Waals surface area (Å²) in [5.74, 6) is 1.52. The molecule has 4 heteroatoms. The zero-order valence-corrected chi connectivity index (χ0v) is 15.0. The van der Waals surface area contributed by atoms with Crippen LogP contribution in [0.1, 0.15) is 57.9 Å². The number of benzene rings is 1. The third-order valence-corrected chi connectivity index (χ3v) is 3.76. The van der Waals surface area contributed by atoms with E-state index in [9.17, 15) is 0 Å². The largest absolute Gasteiger partial charge is 0.493 e. The predicted octanol–water partition coefficient (Wildman–Crippen LogP) is 5.20. The van der Waals surface area contributed by atoms with E-state index in [-0.39, 0.29) is 0 Å². The molecule has 0 amide bonds. The van der Waals surface area contributed by atoms with Crippen LogP contribution in [0.25, 0.3) is 0 Å². The SMILES string of the molecule is CCCCCCCNCc1cc(Cl)cc(OC)c1OCCC. The van der Waals surface area contributed by atoms with Crippen molar-refractivity contribution in [3.63, 3.8) is 0 Å². The van der Waals surface area contributed by atoms with Gasteiger partial charge >= 0.3 is 0 Å². The second-order valence-corrected chi connectivity index (χ2v) is 5.97. The van der Waals surface area contributed by atoms with Crippen LogP contribution in [0, 0.1) is 0 Å². The smallest absolute Gasteiger partial charge is 0.165 e. The lowest BCUT2D eigenvalue weighted by Gasteiger charge is -2.16. The van der Waals surface area contributed by atoms with Crippen LogP contribution < -0.4 is 14.8 Å². The highest BCUT2D eigenvalue weighted by atomic mass is 35.5. The van der Waals surface area contributed by atoms with Crippen molar-refractivity contribution in [2.75, 3.05) is 20.3 Å². The van der Waals surface area contributed by atoms with Crippen molar-refractivity contribution in [3.05, 3.63) is 22.7 Å². The second kappa shape index (κ2) is 11.6. The molecule has 0 spiro atoms. The third kappa shape index (κ3) is 6.89. The average molecular weight is 328 g/mol. The second-order valence-electron chi connectivity index (χ2n) is 5.54. The molecule has 0 aliphatic carbocycles. The molecule has 0 fully saturated rings. The van der Waals surface area contributed by atoms with E-state index in [4.69, 9.17) is 21.1 Å². The third-order valence-electron chi connectivity index (χ3n) is 3.54. The van der Waals surface area contributed by atoms with E-state index in [1.807, 2.05) is 6.07 Å². The van der Waals surface area contributed by atoms with E-state index < -0.39 is 0 Å². The number of halogens is 1. The van der Waals surface area contributed by atoms with Crippen molar-refractivity contribution in [1.29, 1.82) is 0 Å². The molecule has 0 heterocycles. The van der Waals surface area contributed by atoms with Crippen molar-refractivity contribution < 1.29 is 9.47 Å². The molecular formula is C18H30ClNO2. The Balaban J connectivity index is 2.54. The minimum atomic E-state index is 0.681. The maximum absolute atomic E-state index is 6.17. The van der Waals surface area contributed by atoms with Crippen molar-refractivity contribution >= 4 is 11.6 Å². The number of ether oxygens (including phenoxy) is 2. The highest BCUT2D eigenvalue weighted by molar-refractivity contribution is 6.30. The van der Waals surface area contributed by atoms with Gasteiger partial charge in [0, 0.05) is 23.2 Å². The van der Waals surface area contributed by atoms with Gasteiger partial charge in [0.1, 0.15) is 0 Å². The summed E-state index contributed by atoms with van der Waals surface area (Å²) in [4.78, 5) is 0. The predicted molar refractivity (Wildman–Crippen MR) is 94.3 cm³/mol. The topological polar surface area (TPSA) is 30.5 Å². The highest BCUT2D eigenvalue weighted by Gasteiger charge is 2.12. The van der Waals surface area contributed by atoms with Gasteiger partial charge < -0.3 is 14.8 Å². The number of methoxy groups -OCH3 is 1. The number of hydrogen-bond acceptors (Lipinski definition) is 3. The van der Waals surface area contributed by atoms with Gasteiger partial charge in [-0.15, -0.1) is 0 Å². The Hall–Kier alpha value is -0.930. The van der Waals surface area contributed by atoms with Crippen molar-refractivity contribution in [2.24, 2.45) is 0 Å². The fraction of sp³-hybridized carbons (Fsp3) is 0.667. The molecule has 0 atom stereocenters. The normalized spacial score (nSPS) is 10.7. The zero-order chi connectivity index (χ0) is 16.2. The van der Waals surface area contributed by atoms with E-state index in [0.29, 0.717) is 17.4 Å². The van der Waals surface area contributed by atoms with Gasteiger partial charge in [-0.2, -0.15) is 0 Å². The first kappa shape index (κ1) is 19.1. The van der Waals surface area contributed by atoms with Crippen LogP contribution in [0.15, 0.2) is 12.1 Å². The molecule has 0 aromatic heterocycles. The fourth-order valence-corrected chi connectivity index (χ4v) is 2.58. The number of nitrogens with one attached hydrogen (secondary N) is 1.